The van der Waals surface area contributed by atoms with Gasteiger partial charge >= 0.3 is 5.97 Å². The van der Waals surface area contributed by atoms with Gasteiger partial charge < -0.3 is 14.6 Å². The Kier molecular flexibility index (Phi) is 4.09. The molecule has 0 aromatic rings. The van der Waals surface area contributed by atoms with Crippen molar-refractivity contribution in [1.29, 1.82) is 0 Å². The third kappa shape index (κ3) is 2.81. The van der Waals surface area contributed by atoms with E-state index in [1.807, 2.05) is 18.7 Å². The third-order valence-electron chi connectivity index (χ3n) is 3.78. The van der Waals surface area contributed by atoms with Gasteiger partial charge in [0.05, 0.1) is 5.92 Å². The number of carbonyl (C=O) groups is 2. The molecule has 2 aliphatic rings. The van der Waals surface area contributed by atoms with Gasteiger partial charge in [0.25, 0.3) is 11.7 Å². The Hall–Kier alpha value is -1.82. The van der Waals surface area contributed by atoms with Gasteiger partial charge in [0.1, 0.15) is 5.57 Å². The lowest BCUT2D eigenvalue weighted by molar-refractivity contribution is -0.223. The molecule has 2 rings (SSSR count). The van der Waals surface area contributed by atoms with E-state index >= 15 is 0 Å². The molecule has 0 aromatic carbocycles. The molecule has 21 heavy (non-hydrogen) atoms. The van der Waals surface area contributed by atoms with Crippen LogP contribution in [-0.2, 0) is 19.1 Å². The molecule has 0 radical (unpaired) electrons. The van der Waals surface area contributed by atoms with Crippen LogP contribution in [0.3, 0.4) is 0 Å². The predicted octanol–water partition coefficient (Wildman–Crippen LogP) is 1.53. The number of cyclic esters (lactones) is 1. The predicted molar refractivity (Wildman–Crippen MR) is 75.3 cm³/mol. The first-order chi connectivity index (χ1) is 9.80. The summed E-state index contributed by atoms with van der Waals surface area (Å²) in [6, 6.07) is -0.276. The molecule has 0 spiro atoms. The number of likely N-dealkylation sites (N-methyl/N-ethyl adjacent to an activating group) is 1. The maximum atomic E-state index is 12.2. The minimum atomic E-state index is -1.23. The summed E-state index contributed by atoms with van der Waals surface area (Å²) in [6.07, 6.45) is 3.20. The van der Waals surface area contributed by atoms with Crippen LogP contribution in [0.1, 0.15) is 27.7 Å². The lowest BCUT2D eigenvalue weighted by atomic mass is 9.90. The molecular weight excluding hydrogens is 274 g/mol. The van der Waals surface area contributed by atoms with Crippen molar-refractivity contribution in [3.63, 3.8) is 0 Å². The van der Waals surface area contributed by atoms with Crippen LogP contribution in [0, 0.1) is 5.92 Å². The van der Waals surface area contributed by atoms with E-state index in [1.54, 1.807) is 6.08 Å². The highest BCUT2D eigenvalue weighted by molar-refractivity contribution is 6.05. The van der Waals surface area contributed by atoms with Crippen molar-refractivity contribution < 1.29 is 24.2 Å². The van der Waals surface area contributed by atoms with Crippen molar-refractivity contribution in [3.05, 3.63) is 23.7 Å². The van der Waals surface area contributed by atoms with Gasteiger partial charge in [-0.15, -0.1) is 0 Å². The molecule has 0 bridgehead atoms. The number of aliphatic hydroxyl groups excluding tert-OH is 1. The van der Waals surface area contributed by atoms with Crippen molar-refractivity contribution in [2.75, 3.05) is 13.1 Å². The van der Waals surface area contributed by atoms with Crippen LogP contribution in [0.5, 0.6) is 0 Å². The number of hydrogen-bond acceptors (Lipinski definition) is 6. The van der Waals surface area contributed by atoms with Gasteiger partial charge in [-0.3, -0.25) is 9.69 Å². The summed E-state index contributed by atoms with van der Waals surface area (Å²) >= 11 is 0. The van der Waals surface area contributed by atoms with Crippen molar-refractivity contribution in [1.82, 2.24) is 4.90 Å². The van der Waals surface area contributed by atoms with Crippen LogP contribution >= 0.6 is 0 Å². The van der Waals surface area contributed by atoms with Gasteiger partial charge in [-0.05, 0) is 19.2 Å². The Morgan fingerprint density at radius 3 is 2.38 bits per heavy atom. The van der Waals surface area contributed by atoms with Crippen LogP contribution in [0.4, 0.5) is 0 Å². The second-order valence-corrected chi connectivity index (χ2v) is 5.56. The fraction of sp³-hybridized carbons (Fsp3) is 0.600. The molecule has 0 fully saturated rings. The molecule has 0 saturated heterocycles. The minimum absolute atomic E-state index is 0.0961. The summed E-state index contributed by atoms with van der Waals surface area (Å²) in [4.78, 5) is 26.4. The van der Waals surface area contributed by atoms with E-state index in [2.05, 4.69) is 0 Å². The monoisotopic (exact) mass is 295 g/mol. The Balaban J connectivity index is 2.39. The largest absolute Gasteiger partial charge is 0.480 e. The van der Waals surface area contributed by atoms with E-state index in [1.165, 1.54) is 19.9 Å². The summed E-state index contributed by atoms with van der Waals surface area (Å²) in [5.41, 5.74) is -0.0961. The van der Waals surface area contributed by atoms with Crippen LogP contribution < -0.4 is 0 Å². The lowest BCUT2D eigenvalue weighted by Crippen LogP contribution is -2.45. The minimum Gasteiger partial charge on any atom is -0.480 e. The lowest BCUT2D eigenvalue weighted by Gasteiger charge is -2.35. The Morgan fingerprint density at radius 2 is 1.86 bits per heavy atom. The zero-order chi connectivity index (χ0) is 15.8. The molecule has 2 atom stereocenters. The van der Waals surface area contributed by atoms with Crippen molar-refractivity contribution in [2.24, 2.45) is 5.92 Å². The van der Waals surface area contributed by atoms with Crippen molar-refractivity contribution in [3.8, 4) is 0 Å². The molecule has 0 amide bonds. The number of aliphatic hydroxyl groups is 1. The molecule has 1 heterocycles. The zero-order valence-electron chi connectivity index (χ0n) is 12.8. The fourth-order valence-corrected chi connectivity index (χ4v) is 2.80. The van der Waals surface area contributed by atoms with Crippen LogP contribution in [0.2, 0.25) is 0 Å². The van der Waals surface area contributed by atoms with E-state index < -0.39 is 23.6 Å². The van der Waals surface area contributed by atoms with E-state index in [0.29, 0.717) is 0 Å². The number of rotatable bonds is 4. The summed E-state index contributed by atoms with van der Waals surface area (Å²) in [5.74, 6) is -3.47. The number of esters is 1. The zero-order valence-corrected chi connectivity index (χ0v) is 12.8. The van der Waals surface area contributed by atoms with E-state index in [0.717, 1.165) is 13.1 Å². The number of ketones is 1. The Labute approximate surface area is 124 Å². The molecule has 1 N–H and O–H groups in total. The molecule has 0 aromatic heterocycles. The number of nitrogens with zero attached hydrogens (tertiary/aromatic N) is 1. The van der Waals surface area contributed by atoms with Gasteiger partial charge in [0.15, 0.2) is 5.78 Å². The Bertz CT molecular complexity index is 516. The second kappa shape index (κ2) is 5.52. The maximum Gasteiger partial charge on any atom is 0.345 e. The van der Waals surface area contributed by atoms with Crippen LogP contribution in [0.15, 0.2) is 23.7 Å². The van der Waals surface area contributed by atoms with Gasteiger partial charge in [0, 0.05) is 19.9 Å². The molecular formula is C15H21NO5. The van der Waals surface area contributed by atoms with Crippen molar-refractivity contribution >= 4 is 11.8 Å². The Morgan fingerprint density at radius 1 is 1.24 bits per heavy atom. The first-order valence-electron chi connectivity index (χ1n) is 7.12. The molecule has 6 nitrogen and oxygen atoms in total. The van der Waals surface area contributed by atoms with Crippen LogP contribution in [-0.4, -0.2) is 46.7 Å². The average Bonchev–Trinajstić information content (AvgIpc) is 2.72. The summed E-state index contributed by atoms with van der Waals surface area (Å²) < 4.78 is 10.3. The highest BCUT2D eigenvalue weighted by atomic mass is 16.8. The van der Waals surface area contributed by atoms with Gasteiger partial charge in [-0.1, -0.05) is 19.9 Å². The summed E-state index contributed by atoms with van der Waals surface area (Å²) in [5, 5.41) is 10.1. The molecule has 116 valence electrons. The molecule has 1 aliphatic carbocycles. The normalized spacial score (nSPS) is 28.0. The average molecular weight is 295 g/mol. The van der Waals surface area contributed by atoms with E-state index in [9.17, 15) is 14.7 Å². The topological polar surface area (TPSA) is 76.1 Å². The third-order valence-corrected chi connectivity index (χ3v) is 3.78. The van der Waals surface area contributed by atoms with Gasteiger partial charge in [-0.25, -0.2) is 4.79 Å². The molecule has 1 aliphatic heterocycles. The van der Waals surface area contributed by atoms with E-state index in [-0.39, 0.29) is 17.4 Å². The first kappa shape index (κ1) is 15.6. The van der Waals surface area contributed by atoms with Crippen molar-refractivity contribution in [2.45, 2.75) is 39.5 Å². The number of carbonyl (C=O) groups excluding carboxylic acids is 2. The fourth-order valence-electron chi connectivity index (χ4n) is 2.80. The SMILES string of the molecule is CCN(CC)C1C=CC(=O)C1C1=C(O)OC(C)(C)OC1=O. The smallest absolute Gasteiger partial charge is 0.345 e. The maximum absolute atomic E-state index is 12.2. The number of allylic oxidation sites excluding steroid dienone is 1. The van der Waals surface area contributed by atoms with Gasteiger partial charge in [0.2, 0.25) is 0 Å². The summed E-state index contributed by atoms with van der Waals surface area (Å²) in [7, 11) is 0. The molecule has 6 heteroatoms. The summed E-state index contributed by atoms with van der Waals surface area (Å²) in [6.45, 7) is 8.45. The number of hydrogen-bond donors (Lipinski definition) is 1. The highest BCUT2D eigenvalue weighted by Gasteiger charge is 2.46. The standard InChI is InChI=1S/C15H21NO5/c1-5-16(6-2)9-7-8-10(17)11(9)12-13(18)20-15(3,4)21-14(12)19/h7-9,11,18H,5-6H2,1-4H3. The van der Waals surface area contributed by atoms with E-state index in [4.69, 9.17) is 9.47 Å². The highest BCUT2D eigenvalue weighted by Crippen LogP contribution is 2.35. The molecule has 0 saturated carbocycles. The first-order valence-corrected chi connectivity index (χ1v) is 7.12. The molecule has 2 unspecified atom stereocenters. The quantitative estimate of drug-likeness (QED) is 0.793. The second-order valence-electron chi connectivity index (χ2n) is 5.56. The number of ether oxygens (including phenoxy) is 2. The van der Waals surface area contributed by atoms with Gasteiger partial charge in [-0.2, -0.15) is 0 Å². The van der Waals surface area contributed by atoms with Crippen LogP contribution in [0.25, 0.3) is 0 Å².